The molecule has 0 saturated heterocycles. The van der Waals surface area contributed by atoms with Gasteiger partial charge in [-0.3, -0.25) is 9.48 Å². The van der Waals surface area contributed by atoms with E-state index in [0.29, 0.717) is 12.4 Å². The van der Waals surface area contributed by atoms with Crippen LogP contribution in [-0.4, -0.2) is 31.6 Å². The number of anilines is 2. The van der Waals surface area contributed by atoms with Crippen LogP contribution >= 0.6 is 11.3 Å². The normalized spacial score (nSPS) is 17.8. The Bertz CT molecular complexity index is 1310. The molecule has 34 heavy (non-hydrogen) atoms. The van der Waals surface area contributed by atoms with Crippen LogP contribution in [0.5, 0.6) is 0 Å². The Kier molecular flexibility index (Phi) is 5.64. The maximum Gasteiger partial charge on any atom is 0.410 e. The second-order valence-corrected chi connectivity index (χ2v) is 9.12. The topological polar surface area (TPSA) is 76.8 Å². The molecule has 176 valence electrons. The van der Waals surface area contributed by atoms with Crippen molar-refractivity contribution in [2.75, 3.05) is 10.6 Å². The summed E-state index contributed by atoms with van der Waals surface area (Å²) in [5.74, 6) is -0.233. The predicted octanol–water partition coefficient (Wildman–Crippen LogP) is 5.41. The average Bonchev–Trinajstić information content (AvgIpc) is 3.55. The number of aryl methyl sites for hydroxylation is 1. The van der Waals surface area contributed by atoms with E-state index in [0.717, 1.165) is 26.9 Å². The first-order chi connectivity index (χ1) is 16.3. The van der Waals surface area contributed by atoms with E-state index in [1.807, 2.05) is 36.6 Å². The quantitative estimate of drug-likeness (QED) is 0.396. The van der Waals surface area contributed by atoms with Gasteiger partial charge in [-0.05, 0) is 29.5 Å². The molecule has 1 aliphatic heterocycles. The van der Waals surface area contributed by atoms with Crippen LogP contribution < -0.4 is 10.6 Å². The fourth-order valence-electron chi connectivity index (χ4n) is 4.07. The van der Waals surface area contributed by atoms with E-state index in [2.05, 4.69) is 20.8 Å². The van der Waals surface area contributed by atoms with Crippen LogP contribution in [0.15, 0.2) is 60.2 Å². The van der Waals surface area contributed by atoms with Crippen LogP contribution in [-0.2, 0) is 6.54 Å². The van der Waals surface area contributed by atoms with Gasteiger partial charge in [-0.25, -0.2) is 4.68 Å². The van der Waals surface area contributed by atoms with E-state index in [-0.39, 0.29) is 17.8 Å². The number of amides is 1. The number of rotatable bonds is 5. The zero-order valence-electron chi connectivity index (χ0n) is 18.1. The van der Waals surface area contributed by atoms with Crippen LogP contribution in [0.25, 0.3) is 0 Å². The van der Waals surface area contributed by atoms with Gasteiger partial charge in [-0.1, -0.05) is 30.3 Å². The molecule has 5 rings (SSSR count). The summed E-state index contributed by atoms with van der Waals surface area (Å²) in [5, 5.41) is 15.9. The highest BCUT2D eigenvalue weighted by Gasteiger charge is 2.47. The standard InChI is InChI=1S/C23H21F3N6OS/c1-14-5-2-3-6-15(14)13-31-9-8-20(30-31)29-22(33)16-12-27-32-19(23(24,25)26)11-17(28-21(16)32)18-7-4-10-34-18/h2-10,12,17,19,28H,11,13H2,1H3,(H,29,30,33)/t17-,19-/m0/s1. The van der Waals surface area contributed by atoms with Gasteiger partial charge in [0.05, 0.1) is 18.8 Å². The van der Waals surface area contributed by atoms with Gasteiger partial charge in [-0.2, -0.15) is 23.4 Å². The SMILES string of the molecule is Cc1ccccc1Cn1ccc(NC(=O)c2cnn3c2N[C@H](c2cccs2)C[C@H]3C(F)(F)F)n1. The van der Waals surface area contributed by atoms with Crippen molar-refractivity contribution in [3.05, 3.63) is 81.8 Å². The van der Waals surface area contributed by atoms with Crippen LogP contribution in [0.2, 0.25) is 0 Å². The van der Waals surface area contributed by atoms with Gasteiger partial charge < -0.3 is 10.6 Å². The number of hydrogen-bond donors (Lipinski definition) is 2. The van der Waals surface area contributed by atoms with E-state index in [1.54, 1.807) is 29.1 Å². The summed E-state index contributed by atoms with van der Waals surface area (Å²) in [7, 11) is 0. The van der Waals surface area contributed by atoms with E-state index < -0.39 is 24.2 Å². The maximum atomic E-state index is 13.8. The molecule has 0 saturated carbocycles. The van der Waals surface area contributed by atoms with Gasteiger partial charge in [-0.15, -0.1) is 11.3 Å². The highest BCUT2D eigenvalue weighted by molar-refractivity contribution is 7.10. The first-order valence-corrected chi connectivity index (χ1v) is 11.5. The Balaban J connectivity index is 1.37. The minimum Gasteiger partial charge on any atom is -0.362 e. The lowest BCUT2D eigenvalue weighted by Gasteiger charge is -2.33. The van der Waals surface area contributed by atoms with Crippen molar-refractivity contribution in [1.29, 1.82) is 0 Å². The van der Waals surface area contributed by atoms with Crippen LogP contribution in [0, 0.1) is 6.92 Å². The molecule has 0 fully saturated rings. The van der Waals surface area contributed by atoms with E-state index in [9.17, 15) is 18.0 Å². The number of aromatic nitrogens is 4. The van der Waals surface area contributed by atoms with Crippen LogP contribution in [0.3, 0.4) is 0 Å². The minimum atomic E-state index is -4.50. The zero-order valence-corrected chi connectivity index (χ0v) is 18.9. The third kappa shape index (κ3) is 4.30. The molecular weight excluding hydrogens is 465 g/mol. The number of alkyl halides is 3. The fourth-order valence-corrected chi connectivity index (χ4v) is 4.86. The van der Waals surface area contributed by atoms with E-state index >= 15 is 0 Å². The molecule has 1 aliphatic rings. The summed E-state index contributed by atoms with van der Waals surface area (Å²) < 4.78 is 44.0. The van der Waals surface area contributed by atoms with Crippen LogP contribution in [0.4, 0.5) is 24.8 Å². The molecule has 0 radical (unpaired) electrons. The molecule has 0 aliphatic carbocycles. The van der Waals surface area contributed by atoms with Gasteiger partial charge >= 0.3 is 6.18 Å². The molecule has 0 spiro atoms. The van der Waals surface area contributed by atoms with Crippen molar-refractivity contribution in [2.24, 2.45) is 0 Å². The maximum absolute atomic E-state index is 13.8. The Morgan fingerprint density at radius 3 is 2.79 bits per heavy atom. The molecule has 2 N–H and O–H groups in total. The largest absolute Gasteiger partial charge is 0.410 e. The van der Waals surface area contributed by atoms with Crippen molar-refractivity contribution in [2.45, 2.75) is 38.1 Å². The molecule has 0 unspecified atom stereocenters. The van der Waals surface area contributed by atoms with Crippen molar-refractivity contribution >= 4 is 28.9 Å². The molecule has 0 bridgehead atoms. The molecule has 11 heteroatoms. The third-order valence-corrected chi connectivity index (χ3v) is 6.83. The Labute approximate surface area is 197 Å². The second kappa shape index (κ2) is 8.64. The van der Waals surface area contributed by atoms with Crippen molar-refractivity contribution in [3.63, 3.8) is 0 Å². The molecule has 7 nitrogen and oxygen atoms in total. The van der Waals surface area contributed by atoms with Crippen molar-refractivity contribution in [3.8, 4) is 0 Å². The fraction of sp³-hybridized carbons (Fsp3) is 0.261. The van der Waals surface area contributed by atoms with Gasteiger partial charge in [0.1, 0.15) is 11.4 Å². The highest BCUT2D eigenvalue weighted by atomic mass is 32.1. The summed E-state index contributed by atoms with van der Waals surface area (Å²) in [5.41, 5.74) is 2.25. The number of fused-ring (bicyclic) bond motifs is 1. The lowest BCUT2D eigenvalue weighted by atomic mass is 10.0. The summed E-state index contributed by atoms with van der Waals surface area (Å²) in [4.78, 5) is 13.8. The number of carbonyl (C=O) groups excluding carboxylic acids is 1. The Morgan fingerprint density at radius 1 is 1.24 bits per heavy atom. The Morgan fingerprint density at radius 2 is 2.06 bits per heavy atom. The van der Waals surface area contributed by atoms with E-state index in [1.165, 1.54) is 11.3 Å². The van der Waals surface area contributed by atoms with Gasteiger partial charge in [0, 0.05) is 23.6 Å². The summed E-state index contributed by atoms with van der Waals surface area (Å²) in [6, 6.07) is 10.7. The second-order valence-electron chi connectivity index (χ2n) is 8.14. The first-order valence-electron chi connectivity index (χ1n) is 10.6. The molecule has 4 heterocycles. The van der Waals surface area contributed by atoms with Crippen LogP contribution in [0.1, 0.15) is 44.9 Å². The van der Waals surface area contributed by atoms with Gasteiger partial charge in [0.15, 0.2) is 11.9 Å². The monoisotopic (exact) mass is 486 g/mol. The number of hydrogen-bond acceptors (Lipinski definition) is 5. The summed E-state index contributed by atoms with van der Waals surface area (Å²) >= 11 is 1.37. The first kappa shape index (κ1) is 22.2. The molecule has 4 aromatic rings. The molecule has 1 amide bonds. The number of nitrogens with one attached hydrogen (secondary N) is 2. The zero-order chi connectivity index (χ0) is 23.9. The molecule has 2 atom stereocenters. The number of benzene rings is 1. The van der Waals surface area contributed by atoms with Gasteiger partial charge in [0.2, 0.25) is 0 Å². The number of nitrogens with zero attached hydrogens (tertiary/aromatic N) is 4. The highest BCUT2D eigenvalue weighted by Crippen LogP contribution is 2.45. The molecule has 3 aromatic heterocycles. The lowest BCUT2D eigenvalue weighted by Crippen LogP contribution is -2.36. The van der Waals surface area contributed by atoms with E-state index in [4.69, 9.17) is 0 Å². The average molecular weight is 487 g/mol. The number of thiophene rings is 1. The number of carbonyl (C=O) groups is 1. The number of halogens is 3. The smallest absolute Gasteiger partial charge is 0.362 e. The lowest BCUT2D eigenvalue weighted by molar-refractivity contribution is -0.173. The summed E-state index contributed by atoms with van der Waals surface area (Å²) in [6.07, 6.45) is -1.80. The Hall–Kier alpha value is -3.60. The summed E-state index contributed by atoms with van der Waals surface area (Å²) in [6.45, 7) is 2.54. The van der Waals surface area contributed by atoms with Gasteiger partial charge in [0.25, 0.3) is 5.91 Å². The molecule has 1 aromatic carbocycles. The van der Waals surface area contributed by atoms with Crippen molar-refractivity contribution < 1.29 is 18.0 Å². The predicted molar refractivity (Wildman–Crippen MR) is 123 cm³/mol. The third-order valence-electron chi connectivity index (χ3n) is 5.85. The minimum absolute atomic E-state index is 0.0314. The van der Waals surface area contributed by atoms with Crippen molar-refractivity contribution in [1.82, 2.24) is 19.6 Å². The molecular formula is C23H21F3N6OS.